The summed E-state index contributed by atoms with van der Waals surface area (Å²) in [6, 6.07) is -8.41. The van der Waals surface area contributed by atoms with Crippen LogP contribution in [0.15, 0.2) is 0 Å². The molecule has 0 spiro atoms. The largest absolute Gasteiger partial charge is 0.480 e. The van der Waals surface area contributed by atoms with Crippen LogP contribution in [-0.2, 0) is 38.4 Å². The lowest BCUT2D eigenvalue weighted by molar-refractivity contribution is -0.143. The van der Waals surface area contributed by atoms with Gasteiger partial charge in [0.05, 0.1) is 12.6 Å². The number of aliphatic hydroxyl groups excluding tert-OH is 1. The summed E-state index contributed by atoms with van der Waals surface area (Å²) in [6.45, 7) is 7.25. The number of rotatable bonds is 25. The molecule has 0 aromatic rings. The molecule has 20 heteroatoms. The highest BCUT2D eigenvalue weighted by molar-refractivity contribution is 5.97. The van der Waals surface area contributed by atoms with Gasteiger partial charge in [-0.2, -0.15) is 0 Å². The number of carbonyl (C=O) groups excluding carboxylic acids is 7. The van der Waals surface area contributed by atoms with Crippen molar-refractivity contribution in [3.63, 3.8) is 0 Å². The van der Waals surface area contributed by atoms with Gasteiger partial charge in [0.15, 0.2) is 0 Å². The van der Waals surface area contributed by atoms with E-state index in [0.717, 1.165) is 6.42 Å². The molecule has 8 unspecified atom stereocenters. The number of amides is 7. The molecule has 324 valence electrons. The number of nitrogens with two attached hydrogens (primary N) is 2. The number of hydrogen-bond acceptors (Lipinski definition) is 12. The molecular weight excluding hydrogens is 744 g/mol. The van der Waals surface area contributed by atoms with Gasteiger partial charge >= 0.3 is 5.97 Å². The zero-order valence-corrected chi connectivity index (χ0v) is 33.8. The molecule has 7 amide bonds. The molecule has 2 saturated heterocycles. The van der Waals surface area contributed by atoms with E-state index in [2.05, 4.69) is 37.2 Å². The van der Waals surface area contributed by atoms with Crippen LogP contribution in [0.2, 0.25) is 0 Å². The van der Waals surface area contributed by atoms with E-state index in [1.54, 1.807) is 0 Å². The first kappa shape index (κ1) is 48.7. The Morgan fingerprint density at radius 2 is 1.25 bits per heavy atom. The molecule has 2 heterocycles. The fourth-order valence-electron chi connectivity index (χ4n) is 6.68. The lowest BCUT2D eigenvalue weighted by Gasteiger charge is -2.31. The maximum atomic E-state index is 14.1. The molecule has 0 aliphatic carbocycles. The third-order valence-corrected chi connectivity index (χ3v) is 9.99. The number of likely N-dealkylation sites (tertiary alicyclic amines) is 1. The molecule has 2 aliphatic rings. The van der Waals surface area contributed by atoms with Crippen LogP contribution in [0.1, 0.15) is 98.3 Å². The van der Waals surface area contributed by atoms with Gasteiger partial charge in [-0.15, -0.1) is 0 Å². The van der Waals surface area contributed by atoms with Gasteiger partial charge < -0.3 is 63.8 Å². The van der Waals surface area contributed by atoms with Crippen molar-refractivity contribution in [1.82, 2.24) is 42.1 Å². The number of carboxylic acid groups (broad SMARTS) is 1. The molecule has 0 radical (unpaired) electrons. The van der Waals surface area contributed by atoms with Crippen molar-refractivity contribution in [2.45, 2.75) is 147 Å². The minimum absolute atomic E-state index is 0.0590. The van der Waals surface area contributed by atoms with Gasteiger partial charge in [0.25, 0.3) is 0 Å². The topological polar surface area (TPSA) is 317 Å². The average molecular weight is 811 g/mol. The molecule has 8 atom stereocenters. The van der Waals surface area contributed by atoms with Gasteiger partial charge in [0.2, 0.25) is 41.4 Å². The highest BCUT2D eigenvalue weighted by Gasteiger charge is 2.39. The number of aliphatic hydroxyl groups is 1. The third kappa shape index (κ3) is 16.2. The first-order valence-electron chi connectivity index (χ1n) is 20.1. The van der Waals surface area contributed by atoms with E-state index in [1.165, 1.54) is 18.7 Å². The molecule has 0 saturated carbocycles. The lowest BCUT2D eigenvalue weighted by Crippen LogP contribution is -2.59. The molecule has 0 bridgehead atoms. The van der Waals surface area contributed by atoms with E-state index in [-0.39, 0.29) is 31.2 Å². The fraction of sp³-hybridized carbons (Fsp3) is 0.784. The maximum absolute atomic E-state index is 14.1. The smallest absolute Gasteiger partial charge is 0.325 e. The first-order chi connectivity index (χ1) is 27.0. The van der Waals surface area contributed by atoms with Gasteiger partial charge in [-0.3, -0.25) is 38.4 Å². The standard InChI is InChI=1S/C37H66N10O10/c1-21(2)19-27(45-31(50)24-13-9-17-40-24)33(52)44-26(12-6-8-16-39)36(55)47-18-10-14-29(47)35(54)41-22(3)30(49)43-25(11-5-7-15-38)32(51)46-28(20-48)34(53)42-23(4)37(56)57/h21-29,40,48H,5-20,38-39H2,1-4H3,(H,41,54)(H,42,53)(H,43,49)(H,44,52)(H,45,50)(H,46,51)(H,56,57). The Kier molecular flexibility index (Phi) is 21.4. The van der Waals surface area contributed by atoms with Crippen LogP contribution < -0.4 is 48.7 Å². The minimum atomic E-state index is -1.51. The maximum Gasteiger partial charge on any atom is 0.325 e. The van der Waals surface area contributed by atoms with Crippen molar-refractivity contribution >= 4 is 47.3 Å². The quantitative estimate of drug-likeness (QED) is 0.0412. The Balaban J connectivity index is 2.15. The summed E-state index contributed by atoms with van der Waals surface area (Å²) in [6.07, 6.45) is 5.03. The van der Waals surface area contributed by atoms with Crippen LogP contribution in [0.4, 0.5) is 0 Å². The van der Waals surface area contributed by atoms with Crippen molar-refractivity contribution in [2.75, 3.05) is 32.8 Å². The van der Waals surface area contributed by atoms with Crippen LogP contribution in [0.25, 0.3) is 0 Å². The molecule has 0 aromatic heterocycles. The zero-order chi connectivity index (χ0) is 42.7. The summed E-state index contributed by atoms with van der Waals surface area (Å²) < 4.78 is 0. The Hall–Kier alpha value is -4.40. The second-order valence-corrected chi connectivity index (χ2v) is 15.3. The number of aliphatic carboxylic acids is 1. The van der Waals surface area contributed by atoms with Gasteiger partial charge in [-0.25, -0.2) is 0 Å². The summed E-state index contributed by atoms with van der Waals surface area (Å²) in [5, 5.41) is 37.3. The molecule has 2 rings (SSSR count). The van der Waals surface area contributed by atoms with Gasteiger partial charge in [-0.05, 0) is 110 Å². The summed E-state index contributed by atoms with van der Waals surface area (Å²) in [5.41, 5.74) is 11.3. The molecule has 13 N–H and O–H groups in total. The predicted molar refractivity (Wildman–Crippen MR) is 209 cm³/mol. The summed E-state index contributed by atoms with van der Waals surface area (Å²) >= 11 is 0. The molecule has 0 aromatic carbocycles. The van der Waals surface area contributed by atoms with Crippen molar-refractivity contribution in [2.24, 2.45) is 17.4 Å². The van der Waals surface area contributed by atoms with Gasteiger partial charge in [0.1, 0.15) is 42.3 Å². The van der Waals surface area contributed by atoms with Crippen molar-refractivity contribution in [3.8, 4) is 0 Å². The third-order valence-electron chi connectivity index (χ3n) is 9.99. The predicted octanol–water partition coefficient (Wildman–Crippen LogP) is -2.94. The molecule has 20 nitrogen and oxygen atoms in total. The van der Waals surface area contributed by atoms with Crippen LogP contribution in [0, 0.1) is 5.92 Å². The van der Waals surface area contributed by atoms with E-state index < -0.39 is 96.4 Å². The second kappa shape index (κ2) is 25.1. The van der Waals surface area contributed by atoms with Crippen molar-refractivity contribution in [1.29, 1.82) is 0 Å². The number of nitrogens with zero attached hydrogens (tertiary/aromatic N) is 1. The van der Waals surface area contributed by atoms with E-state index in [4.69, 9.17) is 16.6 Å². The highest BCUT2D eigenvalue weighted by Crippen LogP contribution is 2.21. The number of hydrogen-bond donors (Lipinski definition) is 11. The molecule has 2 fully saturated rings. The van der Waals surface area contributed by atoms with Crippen LogP contribution in [0.5, 0.6) is 0 Å². The van der Waals surface area contributed by atoms with Crippen LogP contribution >= 0.6 is 0 Å². The lowest BCUT2D eigenvalue weighted by atomic mass is 10.0. The van der Waals surface area contributed by atoms with Gasteiger partial charge in [-0.1, -0.05) is 13.8 Å². The normalized spacial score (nSPS) is 19.7. The van der Waals surface area contributed by atoms with E-state index in [0.29, 0.717) is 71.0 Å². The first-order valence-corrected chi connectivity index (χ1v) is 20.1. The van der Waals surface area contributed by atoms with Crippen LogP contribution in [-0.4, -0.2) is 144 Å². The Morgan fingerprint density at radius 3 is 1.81 bits per heavy atom. The number of carbonyl (C=O) groups is 8. The Labute approximate surface area is 334 Å². The fourth-order valence-corrected chi connectivity index (χ4v) is 6.68. The highest BCUT2D eigenvalue weighted by atomic mass is 16.4. The minimum Gasteiger partial charge on any atom is -0.480 e. The van der Waals surface area contributed by atoms with E-state index in [1.807, 2.05) is 13.8 Å². The Morgan fingerprint density at radius 1 is 0.667 bits per heavy atom. The number of nitrogens with one attached hydrogen (secondary N) is 7. The number of unbranched alkanes of at least 4 members (excludes halogenated alkanes) is 2. The molecular formula is C37H66N10O10. The monoisotopic (exact) mass is 810 g/mol. The second-order valence-electron chi connectivity index (χ2n) is 15.3. The average Bonchev–Trinajstić information content (AvgIpc) is 3.89. The van der Waals surface area contributed by atoms with E-state index in [9.17, 15) is 43.5 Å². The zero-order valence-electron chi connectivity index (χ0n) is 33.8. The Bertz CT molecular complexity index is 1380. The number of carboxylic acids is 1. The van der Waals surface area contributed by atoms with E-state index >= 15 is 0 Å². The summed E-state index contributed by atoms with van der Waals surface area (Å²) in [4.78, 5) is 106. The summed E-state index contributed by atoms with van der Waals surface area (Å²) in [7, 11) is 0. The van der Waals surface area contributed by atoms with Gasteiger partial charge in [0, 0.05) is 6.54 Å². The van der Waals surface area contributed by atoms with Crippen LogP contribution in [0.3, 0.4) is 0 Å². The molecule has 2 aliphatic heterocycles. The SMILES string of the molecule is CC(C)CC(NC(=O)C1CCCN1)C(=O)NC(CCCCN)C(=O)N1CCCC1C(=O)NC(C)C(=O)NC(CCCCN)C(=O)NC(CO)C(=O)NC(C)C(=O)O. The molecule has 57 heavy (non-hydrogen) atoms. The van der Waals surface area contributed by atoms with Crippen molar-refractivity contribution in [3.05, 3.63) is 0 Å². The van der Waals surface area contributed by atoms with Crippen molar-refractivity contribution < 1.29 is 48.6 Å². The summed E-state index contributed by atoms with van der Waals surface area (Å²) in [5.74, 6) is -5.63.